The van der Waals surface area contributed by atoms with E-state index in [1.807, 2.05) is 0 Å². The lowest BCUT2D eigenvalue weighted by Gasteiger charge is -2.29. The molecule has 0 spiro atoms. The third-order valence-corrected chi connectivity index (χ3v) is 4.04. The van der Waals surface area contributed by atoms with Gasteiger partial charge in [0.1, 0.15) is 0 Å². The molecule has 1 aliphatic rings. The lowest BCUT2D eigenvalue weighted by molar-refractivity contribution is -0.203. The topological polar surface area (TPSA) is 18.5 Å². The summed E-state index contributed by atoms with van der Waals surface area (Å²) in [6.45, 7) is 6.12. The Morgan fingerprint density at radius 3 is 2.35 bits per heavy atom. The normalized spacial score (nSPS) is 22.9. The van der Waals surface area contributed by atoms with Crippen molar-refractivity contribution in [3.05, 3.63) is 35.4 Å². The van der Waals surface area contributed by atoms with Crippen LogP contribution in [0.25, 0.3) is 0 Å². The highest BCUT2D eigenvalue weighted by Gasteiger charge is 2.21. The van der Waals surface area contributed by atoms with Gasteiger partial charge >= 0.3 is 0 Å². The summed E-state index contributed by atoms with van der Waals surface area (Å²) in [5, 5.41) is 0. The molecule has 20 heavy (non-hydrogen) atoms. The van der Waals surface area contributed by atoms with Crippen LogP contribution in [0.2, 0.25) is 0 Å². The third kappa shape index (κ3) is 5.26. The SMILES string of the molecule is CCCCCC1COC(CCc2ccc(C)cc2)OC1. The number of unbranched alkanes of at least 4 members (excludes halogenated alkanes) is 2. The monoisotopic (exact) mass is 276 g/mol. The predicted octanol–water partition coefficient (Wildman–Crippen LogP) is 4.50. The summed E-state index contributed by atoms with van der Waals surface area (Å²) < 4.78 is 11.7. The molecule has 0 aromatic heterocycles. The maximum atomic E-state index is 5.84. The maximum absolute atomic E-state index is 5.84. The lowest BCUT2D eigenvalue weighted by Crippen LogP contribution is -2.32. The van der Waals surface area contributed by atoms with Crippen LogP contribution in [0.5, 0.6) is 0 Å². The Balaban J connectivity index is 1.63. The standard InChI is InChI=1S/C18H28O2/c1-3-4-5-6-17-13-19-18(20-14-17)12-11-16-9-7-15(2)8-10-16/h7-10,17-18H,3-6,11-14H2,1-2H3. The summed E-state index contributed by atoms with van der Waals surface area (Å²) in [4.78, 5) is 0. The van der Waals surface area contributed by atoms with E-state index >= 15 is 0 Å². The van der Waals surface area contributed by atoms with E-state index in [2.05, 4.69) is 38.1 Å². The summed E-state index contributed by atoms with van der Waals surface area (Å²) >= 11 is 0. The quantitative estimate of drug-likeness (QED) is 0.683. The van der Waals surface area contributed by atoms with Crippen molar-refractivity contribution in [3.63, 3.8) is 0 Å². The van der Waals surface area contributed by atoms with Crippen LogP contribution in [-0.2, 0) is 15.9 Å². The zero-order valence-corrected chi connectivity index (χ0v) is 12.9. The number of aryl methyl sites for hydroxylation is 2. The van der Waals surface area contributed by atoms with Crippen LogP contribution in [0.4, 0.5) is 0 Å². The first-order valence-electron chi connectivity index (χ1n) is 8.06. The molecule has 0 bridgehead atoms. The van der Waals surface area contributed by atoms with Crippen molar-refractivity contribution >= 4 is 0 Å². The fraction of sp³-hybridized carbons (Fsp3) is 0.667. The van der Waals surface area contributed by atoms with Crippen LogP contribution in [0.3, 0.4) is 0 Å². The van der Waals surface area contributed by atoms with E-state index in [0.29, 0.717) is 5.92 Å². The van der Waals surface area contributed by atoms with Crippen LogP contribution in [0.1, 0.15) is 50.2 Å². The van der Waals surface area contributed by atoms with Gasteiger partial charge in [0, 0.05) is 12.3 Å². The predicted molar refractivity (Wildman–Crippen MR) is 82.8 cm³/mol. The molecule has 0 unspecified atom stereocenters. The van der Waals surface area contributed by atoms with Gasteiger partial charge in [-0.15, -0.1) is 0 Å². The second-order valence-corrected chi connectivity index (χ2v) is 5.98. The van der Waals surface area contributed by atoms with Crippen molar-refractivity contribution in [3.8, 4) is 0 Å². The fourth-order valence-corrected chi connectivity index (χ4v) is 2.64. The van der Waals surface area contributed by atoms with E-state index in [1.165, 1.54) is 36.8 Å². The Bertz CT molecular complexity index is 364. The molecule has 0 atom stereocenters. The summed E-state index contributed by atoms with van der Waals surface area (Å²) in [5.41, 5.74) is 2.68. The largest absolute Gasteiger partial charge is 0.352 e. The van der Waals surface area contributed by atoms with E-state index in [-0.39, 0.29) is 6.29 Å². The highest BCUT2D eigenvalue weighted by molar-refractivity contribution is 5.21. The van der Waals surface area contributed by atoms with Gasteiger partial charge in [-0.05, 0) is 25.3 Å². The average molecular weight is 276 g/mol. The number of hydrogen-bond acceptors (Lipinski definition) is 2. The van der Waals surface area contributed by atoms with E-state index in [0.717, 1.165) is 26.1 Å². The molecular formula is C18H28O2. The number of rotatable bonds is 7. The van der Waals surface area contributed by atoms with E-state index < -0.39 is 0 Å². The van der Waals surface area contributed by atoms with Gasteiger partial charge in [0.25, 0.3) is 0 Å². The molecule has 0 N–H and O–H groups in total. The van der Waals surface area contributed by atoms with Gasteiger partial charge in [-0.2, -0.15) is 0 Å². The molecule has 112 valence electrons. The second kappa shape index (κ2) is 8.43. The lowest BCUT2D eigenvalue weighted by atomic mass is 10.0. The summed E-state index contributed by atoms with van der Waals surface area (Å²) in [5.74, 6) is 0.608. The summed E-state index contributed by atoms with van der Waals surface area (Å²) in [6, 6.07) is 8.74. The molecule has 1 saturated heterocycles. The van der Waals surface area contributed by atoms with E-state index in [4.69, 9.17) is 9.47 Å². The van der Waals surface area contributed by atoms with Crippen LogP contribution in [0.15, 0.2) is 24.3 Å². The van der Waals surface area contributed by atoms with Gasteiger partial charge in [0.05, 0.1) is 13.2 Å². The van der Waals surface area contributed by atoms with Crippen LogP contribution < -0.4 is 0 Å². The Labute approximate surface area is 123 Å². The molecule has 1 aliphatic heterocycles. The highest BCUT2D eigenvalue weighted by atomic mass is 16.7. The highest BCUT2D eigenvalue weighted by Crippen LogP contribution is 2.20. The minimum absolute atomic E-state index is 0.00118. The molecule has 1 aromatic rings. The van der Waals surface area contributed by atoms with Gasteiger partial charge in [0.2, 0.25) is 0 Å². The zero-order valence-electron chi connectivity index (χ0n) is 12.9. The Kier molecular flexibility index (Phi) is 6.55. The van der Waals surface area contributed by atoms with Crippen molar-refractivity contribution in [2.24, 2.45) is 5.92 Å². The zero-order chi connectivity index (χ0) is 14.2. The van der Waals surface area contributed by atoms with Gasteiger partial charge < -0.3 is 9.47 Å². The first kappa shape index (κ1) is 15.5. The Hall–Kier alpha value is -0.860. The first-order chi connectivity index (χ1) is 9.78. The van der Waals surface area contributed by atoms with Crippen LogP contribution in [-0.4, -0.2) is 19.5 Å². The minimum atomic E-state index is -0.00118. The molecule has 2 rings (SSSR count). The van der Waals surface area contributed by atoms with Crippen molar-refractivity contribution in [2.75, 3.05) is 13.2 Å². The first-order valence-corrected chi connectivity index (χ1v) is 8.06. The van der Waals surface area contributed by atoms with Crippen molar-refractivity contribution in [1.29, 1.82) is 0 Å². The second-order valence-electron chi connectivity index (χ2n) is 5.98. The Morgan fingerprint density at radius 2 is 1.70 bits per heavy atom. The summed E-state index contributed by atoms with van der Waals surface area (Å²) in [7, 11) is 0. The van der Waals surface area contributed by atoms with Crippen LogP contribution >= 0.6 is 0 Å². The number of ether oxygens (including phenoxy) is 2. The molecule has 0 radical (unpaired) electrons. The molecule has 1 fully saturated rings. The smallest absolute Gasteiger partial charge is 0.157 e. The molecule has 2 nitrogen and oxygen atoms in total. The van der Waals surface area contributed by atoms with Crippen molar-refractivity contribution in [1.82, 2.24) is 0 Å². The van der Waals surface area contributed by atoms with Gasteiger partial charge in [0.15, 0.2) is 6.29 Å². The van der Waals surface area contributed by atoms with Crippen LogP contribution in [0, 0.1) is 12.8 Å². The summed E-state index contributed by atoms with van der Waals surface area (Å²) in [6.07, 6.45) is 7.16. The number of hydrogen-bond donors (Lipinski definition) is 0. The minimum Gasteiger partial charge on any atom is -0.352 e. The van der Waals surface area contributed by atoms with Gasteiger partial charge in [-0.1, -0.05) is 56.0 Å². The van der Waals surface area contributed by atoms with Crippen molar-refractivity contribution in [2.45, 2.75) is 58.7 Å². The fourth-order valence-electron chi connectivity index (χ4n) is 2.64. The molecule has 0 aliphatic carbocycles. The molecule has 0 amide bonds. The Morgan fingerprint density at radius 1 is 1.00 bits per heavy atom. The van der Waals surface area contributed by atoms with E-state index in [1.54, 1.807) is 0 Å². The van der Waals surface area contributed by atoms with E-state index in [9.17, 15) is 0 Å². The maximum Gasteiger partial charge on any atom is 0.157 e. The molecular weight excluding hydrogens is 248 g/mol. The third-order valence-electron chi connectivity index (χ3n) is 4.04. The molecule has 1 aromatic carbocycles. The van der Waals surface area contributed by atoms with Gasteiger partial charge in [-0.25, -0.2) is 0 Å². The number of benzene rings is 1. The molecule has 2 heteroatoms. The van der Waals surface area contributed by atoms with Gasteiger partial charge in [-0.3, -0.25) is 0 Å². The molecule has 0 saturated carbocycles. The van der Waals surface area contributed by atoms with Crippen molar-refractivity contribution < 1.29 is 9.47 Å². The average Bonchev–Trinajstić information content (AvgIpc) is 2.48. The molecule has 1 heterocycles.